The average Bonchev–Trinajstić information content (AvgIpc) is 3.26. The molecule has 1 heterocycles. The molecule has 0 aromatic rings. The fourth-order valence-electron chi connectivity index (χ4n) is 4.22. The van der Waals surface area contributed by atoms with Crippen molar-refractivity contribution in [3.63, 3.8) is 0 Å². The number of piperazine rings is 1. The quantitative estimate of drug-likeness (QED) is 0.837. The number of rotatable bonds is 5. The van der Waals surface area contributed by atoms with Crippen molar-refractivity contribution in [3.8, 4) is 0 Å². The first-order valence-corrected chi connectivity index (χ1v) is 8.90. The minimum absolute atomic E-state index is 0.0712. The smallest absolute Gasteiger partial charge is 0.0695 e. The Morgan fingerprint density at radius 1 is 0.950 bits per heavy atom. The average molecular weight is 280 g/mol. The predicted molar refractivity (Wildman–Crippen MR) is 82.8 cm³/mol. The number of hydrogen-bond acceptors (Lipinski definition) is 3. The summed E-state index contributed by atoms with van der Waals surface area (Å²) in [6.45, 7) is 8.41. The van der Waals surface area contributed by atoms with Crippen LogP contribution in [0.1, 0.15) is 51.9 Å². The molecule has 2 aliphatic carbocycles. The highest BCUT2D eigenvalue weighted by atomic mass is 16.3. The Kier molecular flexibility index (Phi) is 5.00. The van der Waals surface area contributed by atoms with Crippen molar-refractivity contribution in [3.05, 3.63) is 0 Å². The first-order chi connectivity index (χ1) is 9.76. The Bertz CT molecular complexity index is 297. The maximum absolute atomic E-state index is 10.4. The van der Waals surface area contributed by atoms with Gasteiger partial charge in [0, 0.05) is 38.8 Å². The van der Waals surface area contributed by atoms with Gasteiger partial charge in [0.1, 0.15) is 0 Å². The molecule has 2 saturated carbocycles. The Balaban J connectivity index is 1.47. The molecule has 3 unspecified atom stereocenters. The first kappa shape index (κ1) is 14.8. The molecule has 0 bridgehead atoms. The van der Waals surface area contributed by atoms with E-state index in [0.717, 1.165) is 18.3 Å². The van der Waals surface area contributed by atoms with E-state index in [9.17, 15) is 5.11 Å². The Morgan fingerprint density at radius 3 is 2.30 bits per heavy atom. The fourth-order valence-corrected chi connectivity index (χ4v) is 4.22. The van der Waals surface area contributed by atoms with Gasteiger partial charge in [0.2, 0.25) is 0 Å². The van der Waals surface area contributed by atoms with Crippen molar-refractivity contribution in [1.29, 1.82) is 0 Å². The van der Waals surface area contributed by atoms with Gasteiger partial charge >= 0.3 is 0 Å². The van der Waals surface area contributed by atoms with Crippen LogP contribution in [0.3, 0.4) is 0 Å². The van der Waals surface area contributed by atoms with E-state index in [1.165, 1.54) is 71.2 Å². The van der Waals surface area contributed by atoms with E-state index in [2.05, 4.69) is 16.7 Å². The lowest BCUT2D eigenvalue weighted by Crippen LogP contribution is -2.55. The van der Waals surface area contributed by atoms with Crippen LogP contribution < -0.4 is 0 Å². The van der Waals surface area contributed by atoms with Crippen LogP contribution >= 0.6 is 0 Å². The van der Waals surface area contributed by atoms with E-state index in [1.54, 1.807) is 0 Å². The Hall–Kier alpha value is -0.120. The lowest BCUT2D eigenvalue weighted by atomic mass is 9.80. The molecule has 116 valence electrons. The van der Waals surface area contributed by atoms with Crippen LogP contribution in [0.2, 0.25) is 0 Å². The molecule has 0 aromatic heterocycles. The summed E-state index contributed by atoms with van der Waals surface area (Å²) in [7, 11) is 0. The number of hydrogen-bond donors (Lipinski definition) is 1. The van der Waals surface area contributed by atoms with Crippen molar-refractivity contribution in [2.45, 2.75) is 64.0 Å². The zero-order valence-electron chi connectivity index (χ0n) is 13.1. The van der Waals surface area contributed by atoms with E-state index in [0.29, 0.717) is 6.04 Å². The Labute approximate surface area is 124 Å². The molecule has 3 nitrogen and oxygen atoms in total. The van der Waals surface area contributed by atoms with Crippen LogP contribution in [0.4, 0.5) is 0 Å². The molecule has 0 aromatic carbocycles. The second kappa shape index (κ2) is 6.76. The van der Waals surface area contributed by atoms with Gasteiger partial charge in [-0.1, -0.05) is 19.8 Å². The number of nitrogens with zero attached hydrogens (tertiary/aromatic N) is 2. The molecule has 3 heteroatoms. The number of aliphatic hydroxyl groups excluding tert-OH is 1. The SMILES string of the molecule is CCCC1CCC(O)C(N2CCN(CC3CC3)CC2)C1. The van der Waals surface area contributed by atoms with Crippen LogP contribution in [0, 0.1) is 11.8 Å². The van der Waals surface area contributed by atoms with Crippen LogP contribution in [0.25, 0.3) is 0 Å². The normalized spacial score (nSPS) is 37.2. The third-order valence-electron chi connectivity index (χ3n) is 5.68. The zero-order valence-corrected chi connectivity index (χ0v) is 13.1. The van der Waals surface area contributed by atoms with Gasteiger partial charge in [-0.3, -0.25) is 4.90 Å². The van der Waals surface area contributed by atoms with E-state index < -0.39 is 0 Å². The van der Waals surface area contributed by atoms with Gasteiger partial charge in [0.05, 0.1) is 6.10 Å². The lowest BCUT2D eigenvalue weighted by Gasteiger charge is -2.44. The molecule has 3 aliphatic rings. The monoisotopic (exact) mass is 280 g/mol. The van der Waals surface area contributed by atoms with Crippen molar-refractivity contribution in [1.82, 2.24) is 9.80 Å². The minimum Gasteiger partial charge on any atom is -0.391 e. The summed E-state index contributed by atoms with van der Waals surface area (Å²) in [5.41, 5.74) is 0. The van der Waals surface area contributed by atoms with Gasteiger partial charge in [0.15, 0.2) is 0 Å². The molecule has 0 radical (unpaired) electrons. The van der Waals surface area contributed by atoms with E-state index in [4.69, 9.17) is 0 Å². The van der Waals surface area contributed by atoms with Gasteiger partial charge < -0.3 is 10.0 Å². The molecule has 1 N–H and O–H groups in total. The third-order valence-corrected chi connectivity index (χ3v) is 5.68. The van der Waals surface area contributed by atoms with E-state index >= 15 is 0 Å². The fraction of sp³-hybridized carbons (Fsp3) is 1.00. The van der Waals surface area contributed by atoms with Crippen LogP contribution in [-0.4, -0.2) is 59.8 Å². The summed E-state index contributed by atoms with van der Waals surface area (Å²) in [6, 6.07) is 0.448. The summed E-state index contributed by atoms with van der Waals surface area (Å²) < 4.78 is 0. The van der Waals surface area contributed by atoms with Crippen LogP contribution in [0.5, 0.6) is 0 Å². The molecule has 1 saturated heterocycles. The first-order valence-electron chi connectivity index (χ1n) is 8.90. The standard InChI is InChI=1S/C17H32N2O/c1-2-3-14-6-7-17(20)16(12-14)19-10-8-18(9-11-19)13-15-4-5-15/h14-17,20H,2-13H2,1H3. The van der Waals surface area contributed by atoms with Crippen molar-refractivity contribution in [2.75, 3.05) is 32.7 Å². The highest BCUT2D eigenvalue weighted by molar-refractivity contribution is 4.90. The molecular formula is C17H32N2O. The molecule has 3 rings (SSSR count). The summed E-state index contributed by atoms with van der Waals surface area (Å²) in [4.78, 5) is 5.24. The van der Waals surface area contributed by atoms with Gasteiger partial charge in [-0.25, -0.2) is 0 Å². The molecular weight excluding hydrogens is 248 g/mol. The summed E-state index contributed by atoms with van der Waals surface area (Å²) >= 11 is 0. The van der Waals surface area contributed by atoms with Gasteiger partial charge in [0.25, 0.3) is 0 Å². The molecule has 3 atom stereocenters. The summed E-state index contributed by atoms with van der Waals surface area (Å²) in [5.74, 6) is 1.87. The van der Waals surface area contributed by atoms with E-state index in [1.807, 2.05) is 0 Å². The molecule has 0 amide bonds. The second-order valence-corrected chi connectivity index (χ2v) is 7.38. The zero-order chi connectivity index (χ0) is 13.9. The maximum atomic E-state index is 10.4. The van der Waals surface area contributed by atoms with Crippen molar-refractivity contribution >= 4 is 0 Å². The second-order valence-electron chi connectivity index (χ2n) is 7.38. The highest BCUT2D eigenvalue weighted by Crippen LogP contribution is 2.33. The van der Waals surface area contributed by atoms with Crippen molar-refractivity contribution < 1.29 is 5.11 Å². The van der Waals surface area contributed by atoms with Crippen LogP contribution in [-0.2, 0) is 0 Å². The largest absolute Gasteiger partial charge is 0.391 e. The minimum atomic E-state index is -0.0712. The topological polar surface area (TPSA) is 26.7 Å². The molecule has 1 aliphatic heterocycles. The lowest BCUT2D eigenvalue weighted by molar-refractivity contribution is -0.0187. The highest BCUT2D eigenvalue weighted by Gasteiger charge is 2.35. The predicted octanol–water partition coefficient (Wildman–Crippen LogP) is 2.34. The van der Waals surface area contributed by atoms with Gasteiger partial charge in [-0.2, -0.15) is 0 Å². The van der Waals surface area contributed by atoms with Crippen LogP contribution in [0.15, 0.2) is 0 Å². The molecule has 20 heavy (non-hydrogen) atoms. The molecule has 0 spiro atoms. The van der Waals surface area contributed by atoms with E-state index in [-0.39, 0.29) is 6.10 Å². The van der Waals surface area contributed by atoms with Gasteiger partial charge in [-0.05, 0) is 43.9 Å². The third kappa shape index (κ3) is 3.75. The summed E-state index contributed by atoms with van der Waals surface area (Å²) in [6.07, 6.45) is 8.99. The number of aliphatic hydroxyl groups is 1. The Morgan fingerprint density at radius 2 is 1.65 bits per heavy atom. The molecule has 3 fully saturated rings. The maximum Gasteiger partial charge on any atom is 0.0695 e. The van der Waals surface area contributed by atoms with Gasteiger partial charge in [-0.15, -0.1) is 0 Å². The summed E-state index contributed by atoms with van der Waals surface area (Å²) in [5, 5.41) is 10.4. The van der Waals surface area contributed by atoms with Crippen molar-refractivity contribution in [2.24, 2.45) is 11.8 Å².